The Morgan fingerprint density at radius 3 is 2.89 bits per heavy atom. The highest BCUT2D eigenvalue weighted by molar-refractivity contribution is 5.84. The van der Waals surface area contributed by atoms with Gasteiger partial charge in [-0.3, -0.25) is 4.98 Å². The zero-order valence-corrected chi connectivity index (χ0v) is 12.0. The minimum Gasteiger partial charge on any atom is -0.314 e. The molecule has 0 radical (unpaired) electrons. The molecule has 1 aromatic carbocycles. The quantitative estimate of drug-likeness (QED) is 0.811. The molecule has 0 spiro atoms. The van der Waals surface area contributed by atoms with E-state index in [0.29, 0.717) is 6.04 Å². The molecule has 1 heterocycles. The maximum absolute atomic E-state index is 4.25. The van der Waals surface area contributed by atoms with Crippen molar-refractivity contribution in [2.24, 2.45) is 0 Å². The predicted octanol–water partition coefficient (Wildman–Crippen LogP) is 3.95. The van der Waals surface area contributed by atoms with E-state index in [1.54, 1.807) is 0 Å². The van der Waals surface area contributed by atoms with Crippen LogP contribution in [0, 0.1) is 0 Å². The second-order valence-electron chi connectivity index (χ2n) is 5.11. The highest BCUT2D eigenvalue weighted by atomic mass is 14.9. The number of nitrogens with one attached hydrogen (secondary N) is 1. The summed E-state index contributed by atoms with van der Waals surface area (Å²) in [6, 6.07) is 9.26. The molecule has 0 aliphatic heterocycles. The lowest BCUT2D eigenvalue weighted by molar-refractivity contribution is 0.469. The molecule has 2 nitrogen and oxygen atoms in total. The monoisotopic (exact) mass is 256 g/mol. The largest absolute Gasteiger partial charge is 0.314 e. The molecule has 0 aliphatic carbocycles. The lowest BCUT2D eigenvalue weighted by Crippen LogP contribution is -2.29. The van der Waals surface area contributed by atoms with Gasteiger partial charge in [0.05, 0.1) is 0 Å². The molecule has 0 amide bonds. The molecule has 0 saturated carbocycles. The number of benzene rings is 1. The van der Waals surface area contributed by atoms with Gasteiger partial charge in [-0.25, -0.2) is 0 Å². The normalized spacial score (nSPS) is 12.7. The van der Waals surface area contributed by atoms with Crippen LogP contribution in [0.1, 0.15) is 38.7 Å². The minimum absolute atomic E-state index is 0.631. The Labute approximate surface area is 116 Å². The van der Waals surface area contributed by atoms with E-state index in [4.69, 9.17) is 0 Å². The van der Waals surface area contributed by atoms with Crippen LogP contribution in [0.2, 0.25) is 0 Å². The lowest BCUT2D eigenvalue weighted by atomic mass is 9.99. The van der Waals surface area contributed by atoms with E-state index in [-0.39, 0.29) is 0 Å². The highest BCUT2D eigenvalue weighted by Gasteiger charge is 2.07. The summed E-state index contributed by atoms with van der Waals surface area (Å²) in [4.78, 5) is 4.25. The van der Waals surface area contributed by atoms with Gasteiger partial charge in [0.15, 0.2) is 0 Å². The van der Waals surface area contributed by atoms with Crippen molar-refractivity contribution in [2.75, 3.05) is 6.54 Å². The number of rotatable bonds is 7. The predicted molar refractivity (Wildman–Crippen MR) is 82.4 cm³/mol. The van der Waals surface area contributed by atoms with Crippen LogP contribution in [-0.2, 0) is 6.42 Å². The van der Waals surface area contributed by atoms with E-state index < -0.39 is 0 Å². The van der Waals surface area contributed by atoms with Gasteiger partial charge in [-0.1, -0.05) is 32.0 Å². The van der Waals surface area contributed by atoms with Crippen molar-refractivity contribution < 1.29 is 0 Å². The molecular weight excluding hydrogens is 232 g/mol. The van der Waals surface area contributed by atoms with Crippen LogP contribution in [-0.4, -0.2) is 17.6 Å². The van der Waals surface area contributed by atoms with Crippen LogP contribution in [0.15, 0.2) is 36.7 Å². The summed E-state index contributed by atoms with van der Waals surface area (Å²) < 4.78 is 0. The molecule has 2 aromatic rings. The fourth-order valence-corrected chi connectivity index (χ4v) is 2.52. The summed E-state index contributed by atoms with van der Waals surface area (Å²) in [5.74, 6) is 0. The van der Waals surface area contributed by atoms with Crippen LogP contribution in [0.25, 0.3) is 10.8 Å². The average molecular weight is 256 g/mol. The first-order valence-corrected chi connectivity index (χ1v) is 7.40. The Hall–Kier alpha value is -1.41. The van der Waals surface area contributed by atoms with E-state index in [1.807, 2.05) is 12.4 Å². The number of aromatic nitrogens is 1. The summed E-state index contributed by atoms with van der Waals surface area (Å²) in [7, 11) is 0. The fraction of sp³-hybridized carbons (Fsp3) is 0.471. The summed E-state index contributed by atoms with van der Waals surface area (Å²) in [6.45, 7) is 5.60. The van der Waals surface area contributed by atoms with Crippen molar-refractivity contribution in [1.29, 1.82) is 0 Å². The second-order valence-corrected chi connectivity index (χ2v) is 5.11. The van der Waals surface area contributed by atoms with Gasteiger partial charge in [-0.2, -0.15) is 0 Å². The molecule has 0 bridgehead atoms. The molecule has 1 aromatic heterocycles. The number of hydrogen-bond donors (Lipinski definition) is 1. The smallest absolute Gasteiger partial charge is 0.0349 e. The number of aryl methyl sites for hydroxylation is 1. The van der Waals surface area contributed by atoms with E-state index >= 15 is 0 Å². The van der Waals surface area contributed by atoms with Gasteiger partial charge in [-0.05, 0) is 49.2 Å². The van der Waals surface area contributed by atoms with Gasteiger partial charge in [0, 0.05) is 23.8 Å². The third-order valence-corrected chi connectivity index (χ3v) is 3.71. The first-order chi connectivity index (χ1) is 9.35. The standard InChI is InChI=1S/C17H24N2/c1-3-11-19-16(4-2)9-8-14-6-5-7-15-10-12-18-13-17(14)15/h5-7,10,12-13,16,19H,3-4,8-9,11H2,1-2H3. The number of fused-ring (bicyclic) bond motifs is 1. The number of nitrogens with zero attached hydrogens (tertiary/aromatic N) is 1. The molecule has 1 unspecified atom stereocenters. The van der Waals surface area contributed by atoms with Crippen LogP contribution >= 0.6 is 0 Å². The molecule has 102 valence electrons. The molecule has 1 atom stereocenters. The molecule has 19 heavy (non-hydrogen) atoms. The first kappa shape index (κ1) is 14.0. The van der Waals surface area contributed by atoms with Gasteiger partial charge in [0.2, 0.25) is 0 Å². The number of pyridine rings is 1. The zero-order chi connectivity index (χ0) is 13.5. The third kappa shape index (κ3) is 3.77. The van der Waals surface area contributed by atoms with Gasteiger partial charge in [-0.15, -0.1) is 0 Å². The van der Waals surface area contributed by atoms with E-state index in [9.17, 15) is 0 Å². The molecule has 1 N–H and O–H groups in total. The first-order valence-electron chi connectivity index (χ1n) is 7.40. The Morgan fingerprint density at radius 2 is 2.11 bits per heavy atom. The van der Waals surface area contributed by atoms with Crippen molar-refractivity contribution in [2.45, 2.75) is 45.6 Å². The Balaban J connectivity index is 2.04. The van der Waals surface area contributed by atoms with Gasteiger partial charge in [0.1, 0.15) is 0 Å². The molecule has 0 aliphatic rings. The Bertz CT molecular complexity index is 502. The maximum atomic E-state index is 4.25. The Morgan fingerprint density at radius 1 is 1.21 bits per heavy atom. The van der Waals surface area contributed by atoms with Crippen molar-refractivity contribution in [3.63, 3.8) is 0 Å². The summed E-state index contributed by atoms with van der Waals surface area (Å²) in [6.07, 6.45) is 8.58. The van der Waals surface area contributed by atoms with Gasteiger partial charge < -0.3 is 5.32 Å². The lowest BCUT2D eigenvalue weighted by Gasteiger charge is -2.17. The van der Waals surface area contributed by atoms with E-state index in [1.165, 1.54) is 35.6 Å². The van der Waals surface area contributed by atoms with Gasteiger partial charge in [0.25, 0.3) is 0 Å². The van der Waals surface area contributed by atoms with Crippen molar-refractivity contribution >= 4 is 10.8 Å². The zero-order valence-electron chi connectivity index (χ0n) is 12.0. The molecule has 0 fully saturated rings. The Kier molecular flexibility index (Phi) is 5.34. The van der Waals surface area contributed by atoms with E-state index in [0.717, 1.165) is 13.0 Å². The van der Waals surface area contributed by atoms with Crippen LogP contribution in [0.3, 0.4) is 0 Å². The van der Waals surface area contributed by atoms with E-state index in [2.05, 4.69) is 48.4 Å². The van der Waals surface area contributed by atoms with Crippen LogP contribution < -0.4 is 5.32 Å². The summed E-state index contributed by atoms with van der Waals surface area (Å²) in [5.41, 5.74) is 1.42. The van der Waals surface area contributed by atoms with Crippen LogP contribution in [0.5, 0.6) is 0 Å². The molecule has 2 rings (SSSR count). The summed E-state index contributed by atoms with van der Waals surface area (Å²) >= 11 is 0. The number of hydrogen-bond acceptors (Lipinski definition) is 2. The van der Waals surface area contributed by atoms with Crippen molar-refractivity contribution in [3.05, 3.63) is 42.2 Å². The molecule has 2 heteroatoms. The minimum atomic E-state index is 0.631. The van der Waals surface area contributed by atoms with Crippen molar-refractivity contribution in [3.8, 4) is 0 Å². The van der Waals surface area contributed by atoms with Crippen molar-refractivity contribution in [1.82, 2.24) is 10.3 Å². The summed E-state index contributed by atoms with van der Waals surface area (Å²) in [5, 5.41) is 6.22. The third-order valence-electron chi connectivity index (χ3n) is 3.71. The topological polar surface area (TPSA) is 24.9 Å². The average Bonchev–Trinajstić information content (AvgIpc) is 2.47. The molecular formula is C17H24N2. The highest BCUT2D eigenvalue weighted by Crippen LogP contribution is 2.19. The maximum Gasteiger partial charge on any atom is 0.0349 e. The van der Waals surface area contributed by atoms with Crippen LogP contribution in [0.4, 0.5) is 0 Å². The second kappa shape index (κ2) is 7.25. The molecule has 0 saturated heterocycles. The van der Waals surface area contributed by atoms with Gasteiger partial charge >= 0.3 is 0 Å². The fourth-order valence-electron chi connectivity index (χ4n) is 2.52. The SMILES string of the molecule is CCCNC(CC)CCc1cccc2ccncc12.